The molecule has 0 amide bonds. The average Bonchev–Trinajstić information content (AvgIpc) is 2.05. The van der Waals surface area contributed by atoms with E-state index >= 15 is 0 Å². The Hall–Kier alpha value is -0.221. The fourth-order valence-corrected chi connectivity index (χ4v) is 2.69. The molecule has 0 bridgehead atoms. The van der Waals surface area contributed by atoms with Crippen LogP contribution in [0.15, 0.2) is 30.3 Å². The minimum absolute atomic E-state index is 0.868. The first kappa shape index (κ1) is 7.88. The van der Waals surface area contributed by atoms with Crippen molar-refractivity contribution in [3.8, 4) is 0 Å². The van der Waals surface area contributed by atoms with Crippen LogP contribution in [0.3, 0.4) is 0 Å². The molecule has 3 heteroatoms. The topological polar surface area (TPSA) is 26.3 Å². The Bertz CT molecular complexity index is 220. The van der Waals surface area contributed by atoms with E-state index in [4.69, 9.17) is 3.07 Å². The molecule has 0 saturated heterocycles. The molecule has 0 spiro atoms. The van der Waals surface area contributed by atoms with Gasteiger partial charge in [-0.2, -0.15) is 0 Å². The van der Waals surface area contributed by atoms with Crippen LogP contribution in [0.5, 0.6) is 0 Å². The van der Waals surface area contributed by atoms with Gasteiger partial charge in [-0.1, -0.05) is 0 Å². The van der Waals surface area contributed by atoms with Gasteiger partial charge in [-0.05, 0) is 0 Å². The third-order valence-electron chi connectivity index (χ3n) is 1.19. The molecule has 0 saturated carbocycles. The fraction of sp³-hybridized carbons (Fsp3) is 0.143. The van der Waals surface area contributed by atoms with Crippen molar-refractivity contribution < 1.29 is 6.15 Å². The van der Waals surface area contributed by atoms with E-state index in [0.29, 0.717) is 0 Å². The van der Waals surface area contributed by atoms with Crippen LogP contribution in [-0.4, -0.2) is 27.3 Å². The summed E-state index contributed by atoms with van der Waals surface area (Å²) in [7, 11) is 1.49. The van der Waals surface area contributed by atoms with Crippen LogP contribution < -0.4 is 3.58 Å². The van der Waals surface area contributed by atoms with Crippen molar-refractivity contribution in [2.75, 3.05) is 7.11 Å². The number of hydrogen-bond acceptors (Lipinski definition) is 2. The average molecular weight is 243 g/mol. The van der Waals surface area contributed by atoms with E-state index in [1.807, 2.05) is 30.3 Å². The molecule has 0 aliphatic carbocycles. The first-order chi connectivity index (χ1) is 4.84. The summed E-state index contributed by atoms with van der Waals surface area (Å²) in [5.74, 6) is 0. The zero-order chi connectivity index (χ0) is 7.40. The van der Waals surface area contributed by atoms with Gasteiger partial charge in [0.1, 0.15) is 0 Å². The number of hydrogen-bond donors (Lipinski definition) is 0. The Balaban J connectivity index is 2.85. The van der Waals surface area contributed by atoms with Gasteiger partial charge in [0.2, 0.25) is 0 Å². The Labute approximate surface area is 67.5 Å². The fourth-order valence-electron chi connectivity index (χ4n) is 0.692. The molecule has 0 N–H and O–H groups in total. The van der Waals surface area contributed by atoms with Crippen molar-refractivity contribution in [1.29, 1.82) is 0 Å². The van der Waals surface area contributed by atoms with E-state index in [-0.39, 0.29) is 0 Å². The van der Waals surface area contributed by atoms with Gasteiger partial charge in [-0.3, -0.25) is 0 Å². The zero-order valence-corrected chi connectivity index (χ0v) is 8.56. The van der Waals surface area contributed by atoms with Crippen LogP contribution in [0, 0.1) is 0 Å². The first-order valence-electron chi connectivity index (χ1n) is 2.98. The summed E-state index contributed by atoms with van der Waals surface area (Å²) in [5.41, 5.74) is 0. The standard InChI is InChI=1S/C6H5.CH3O.O.Sn/c1-2-4-6-5-3-1;1-2;;/h1-5H;1H3;;/q;-1;;+1. The third-order valence-corrected chi connectivity index (χ3v) is 4.55. The van der Waals surface area contributed by atoms with Crippen LogP contribution in [0.2, 0.25) is 0 Å². The molecule has 0 fully saturated rings. The SMILES string of the molecule is C[O][Sn](=[O])[c]1ccccc1. The molecule has 52 valence electrons. The second-order valence-electron chi connectivity index (χ2n) is 1.86. The minimum atomic E-state index is -2.81. The van der Waals surface area contributed by atoms with E-state index in [1.54, 1.807) is 0 Å². The summed E-state index contributed by atoms with van der Waals surface area (Å²) >= 11 is -2.81. The van der Waals surface area contributed by atoms with Crippen molar-refractivity contribution in [3.63, 3.8) is 0 Å². The van der Waals surface area contributed by atoms with Crippen molar-refractivity contribution in [2.45, 2.75) is 0 Å². The van der Waals surface area contributed by atoms with Gasteiger partial charge in [0.05, 0.1) is 0 Å². The first-order valence-corrected chi connectivity index (χ1v) is 6.73. The predicted octanol–water partition coefficient (Wildman–Crippen LogP) is 0.459. The molecule has 1 rings (SSSR count). The molecular weight excluding hydrogens is 235 g/mol. The molecule has 0 aliphatic heterocycles. The molecule has 2 nitrogen and oxygen atoms in total. The number of rotatable bonds is 2. The summed E-state index contributed by atoms with van der Waals surface area (Å²) in [4.78, 5) is 0. The van der Waals surface area contributed by atoms with Gasteiger partial charge < -0.3 is 0 Å². The van der Waals surface area contributed by atoms with E-state index in [0.717, 1.165) is 3.58 Å². The van der Waals surface area contributed by atoms with Crippen molar-refractivity contribution in [1.82, 2.24) is 0 Å². The molecule has 1 aromatic carbocycles. The van der Waals surface area contributed by atoms with E-state index < -0.39 is 20.2 Å². The second kappa shape index (κ2) is 3.83. The van der Waals surface area contributed by atoms with Crippen LogP contribution >= 0.6 is 0 Å². The van der Waals surface area contributed by atoms with Gasteiger partial charge in [0, 0.05) is 0 Å². The molecule has 0 unspecified atom stereocenters. The molecular formula is C7H8O2Sn. The molecule has 1 aromatic rings. The Morgan fingerprint density at radius 2 is 1.90 bits per heavy atom. The second-order valence-corrected chi connectivity index (χ2v) is 6.31. The summed E-state index contributed by atoms with van der Waals surface area (Å²) in [6, 6.07) is 9.31. The summed E-state index contributed by atoms with van der Waals surface area (Å²) < 4.78 is 16.7. The Morgan fingerprint density at radius 1 is 1.30 bits per heavy atom. The molecule has 10 heavy (non-hydrogen) atoms. The molecule has 0 heterocycles. The van der Waals surface area contributed by atoms with Crippen LogP contribution in [-0.2, 0) is 6.15 Å². The van der Waals surface area contributed by atoms with Gasteiger partial charge in [-0.15, -0.1) is 0 Å². The van der Waals surface area contributed by atoms with Crippen molar-refractivity contribution in [3.05, 3.63) is 30.3 Å². The monoisotopic (exact) mass is 244 g/mol. The number of benzene rings is 1. The van der Waals surface area contributed by atoms with Gasteiger partial charge in [0.15, 0.2) is 0 Å². The normalized spacial score (nSPS) is 9.30. The molecule has 0 radical (unpaired) electrons. The van der Waals surface area contributed by atoms with Gasteiger partial charge >= 0.3 is 67.3 Å². The zero-order valence-electron chi connectivity index (χ0n) is 5.70. The maximum absolute atomic E-state index is 11.1. The Morgan fingerprint density at radius 3 is 2.40 bits per heavy atom. The maximum atomic E-state index is 11.1. The van der Waals surface area contributed by atoms with Crippen LogP contribution in [0.4, 0.5) is 0 Å². The predicted molar refractivity (Wildman–Crippen MR) is 39.5 cm³/mol. The van der Waals surface area contributed by atoms with Crippen LogP contribution in [0.1, 0.15) is 0 Å². The molecule has 0 aromatic heterocycles. The Kier molecular flexibility index (Phi) is 3.02. The quantitative estimate of drug-likeness (QED) is 0.705. The van der Waals surface area contributed by atoms with E-state index in [2.05, 4.69) is 0 Å². The van der Waals surface area contributed by atoms with Gasteiger partial charge in [-0.25, -0.2) is 0 Å². The summed E-state index contributed by atoms with van der Waals surface area (Å²) in [6.07, 6.45) is 0. The van der Waals surface area contributed by atoms with E-state index in [9.17, 15) is 3.08 Å². The van der Waals surface area contributed by atoms with Crippen LogP contribution in [0.25, 0.3) is 0 Å². The molecule has 0 aliphatic rings. The third kappa shape index (κ3) is 1.88. The van der Waals surface area contributed by atoms with Crippen molar-refractivity contribution in [2.24, 2.45) is 0 Å². The summed E-state index contributed by atoms with van der Waals surface area (Å²) in [6.45, 7) is 0. The molecule has 0 atom stereocenters. The van der Waals surface area contributed by atoms with E-state index in [1.165, 1.54) is 7.11 Å². The van der Waals surface area contributed by atoms with Crippen molar-refractivity contribution >= 4 is 23.7 Å². The van der Waals surface area contributed by atoms with Gasteiger partial charge in [0.25, 0.3) is 0 Å². The summed E-state index contributed by atoms with van der Waals surface area (Å²) in [5, 5.41) is 0.